The van der Waals surface area contributed by atoms with Gasteiger partial charge in [-0.3, -0.25) is 0 Å². The fourth-order valence-electron chi connectivity index (χ4n) is 0. The Kier molecular flexibility index (Phi) is 20.9. The molecule has 1 nitrogen and oxygen atoms in total. The van der Waals surface area contributed by atoms with Crippen LogP contribution in [0.15, 0.2) is 0 Å². The molecule has 0 aliphatic heterocycles. The van der Waals surface area contributed by atoms with Gasteiger partial charge in [-0.2, -0.15) is 0 Å². The summed E-state index contributed by atoms with van der Waals surface area (Å²) in [5.41, 5.74) is 0. The third-order valence-corrected chi connectivity index (χ3v) is 0. The zero-order valence-electron chi connectivity index (χ0n) is 2.47. The molecule has 0 atom stereocenters. The van der Waals surface area contributed by atoms with Crippen LogP contribution in [0.5, 0.6) is 0 Å². The van der Waals surface area contributed by atoms with E-state index >= 15 is 0 Å². The third-order valence-electron chi connectivity index (χ3n) is 0. The summed E-state index contributed by atoms with van der Waals surface area (Å²) < 4.78 is 0. The topological polar surface area (TPSA) is 20.2 Å². The van der Waals surface area contributed by atoms with Crippen molar-refractivity contribution >= 4 is 0 Å². The quantitative estimate of drug-likeness (QED) is 0.485. The fraction of sp³-hybridized carbons (Fsp3) is 1.00. The molecule has 0 aromatic rings. The van der Waals surface area contributed by atoms with Crippen LogP contribution in [0.25, 0.3) is 0 Å². The smallest absolute Gasteiger partial charge is 0.0402 e. The van der Waals surface area contributed by atoms with E-state index in [0.29, 0.717) is 0 Å². The molecule has 0 radical (unpaired) electrons. The molecule has 0 fully saturated rings. The Morgan fingerprint density at radius 2 is 1.75 bits per heavy atom. The molecule has 0 aromatic heterocycles. The number of hydrogen-bond donors (Lipinski definition) is 1. The Labute approximate surface area is 39.7 Å². The predicted octanol–water partition coefficient (Wildman–Crippen LogP) is -0.00390. The SMILES string of the molecule is CCO.[Pd]. The summed E-state index contributed by atoms with van der Waals surface area (Å²) in [5.74, 6) is 0. The van der Waals surface area contributed by atoms with Crippen LogP contribution in [0, 0.1) is 0 Å². The fourth-order valence-corrected chi connectivity index (χ4v) is 0. The van der Waals surface area contributed by atoms with E-state index in [1.165, 1.54) is 0 Å². The number of aliphatic hydroxyl groups is 1. The second-order valence-electron chi connectivity index (χ2n) is 0.316. The van der Waals surface area contributed by atoms with Crippen molar-refractivity contribution in [3.8, 4) is 0 Å². The molecule has 0 heterocycles. The van der Waals surface area contributed by atoms with Crippen molar-refractivity contribution in [2.24, 2.45) is 0 Å². The molecule has 0 spiro atoms. The van der Waals surface area contributed by atoms with E-state index in [0.717, 1.165) is 0 Å². The number of rotatable bonds is 0. The van der Waals surface area contributed by atoms with Gasteiger partial charge in [0.2, 0.25) is 0 Å². The van der Waals surface area contributed by atoms with Crippen LogP contribution in [-0.4, -0.2) is 11.7 Å². The minimum Gasteiger partial charge on any atom is -0.397 e. The Morgan fingerprint density at radius 1 is 1.75 bits per heavy atom. The molecular formula is C2H6OPd. The second kappa shape index (κ2) is 9.46. The molecule has 0 aliphatic rings. The van der Waals surface area contributed by atoms with E-state index in [-0.39, 0.29) is 27.0 Å². The molecule has 4 heavy (non-hydrogen) atoms. The Hall–Kier alpha value is 0.622. The van der Waals surface area contributed by atoms with Crippen LogP contribution in [0.1, 0.15) is 6.92 Å². The summed E-state index contributed by atoms with van der Waals surface area (Å²) in [6, 6.07) is 0. The molecular weight excluding hydrogens is 146 g/mol. The van der Waals surface area contributed by atoms with Gasteiger partial charge in [-0.15, -0.1) is 0 Å². The van der Waals surface area contributed by atoms with Crippen molar-refractivity contribution < 1.29 is 25.5 Å². The van der Waals surface area contributed by atoms with Gasteiger partial charge in [0.05, 0.1) is 0 Å². The summed E-state index contributed by atoms with van der Waals surface area (Å²) in [4.78, 5) is 0. The Morgan fingerprint density at radius 3 is 1.75 bits per heavy atom. The van der Waals surface area contributed by atoms with Crippen molar-refractivity contribution in [2.45, 2.75) is 6.92 Å². The molecule has 0 aliphatic carbocycles. The van der Waals surface area contributed by atoms with Crippen molar-refractivity contribution in [1.82, 2.24) is 0 Å². The first kappa shape index (κ1) is 8.82. The molecule has 0 saturated heterocycles. The average molecular weight is 152 g/mol. The number of hydrogen-bond acceptors (Lipinski definition) is 1. The summed E-state index contributed by atoms with van der Waals surface area (Å²) >= 11 is 0. The zero-order chi connectivity index (χ0) is 2.71. The third kappa shape index (κ3) is 17.8. The van der Waals surface area contributed by atoms with E-state index in [2.05, 4.69) is 0 Å². The van der Waals surface area contributed by atoms with Crippen molar-refractivity contribution in [3.63, 3.8) is 0 Å². The molecule has 0 bridgehead atoms. The van der Waals surface area contributed by atoms with Gasteiger partial charge in [-0.1, -0.05) is 0 Å². The first-order valence-corrected chi connectivity index (χ1v) is 1.02. The van der Waals surface area contributed by atoms with Crippen LogP contribution in [0.4, 0.5) is 0 Å². The van der Waals surface area contributed by atoms with Gasteiger partial charge in [0.25, 0.3) is 0 Å². The largest absolute Gasteiger partial charge is 0.397 e. The van der Waals surface area contributed by atoms with Gasteiger partial charge in [0, 0.05) is 27.0 Å². The van der Waals surface area contributed by atoms with Crippen LogP contribution < -0.4 is 0 Å². The van der Waals surface area contributed by atoms with Crippen LogP contribution in [-0.2, 0) is 20.4 Å². The van der Waals surface area contributed by atoms with Crippen molar-refractivity contribution in [1.29, 1.82) is 0 Å². The predicted molar refractivity (Wildman–Crippen MR) is 12.8 cm³/mol. The molecule has 0 aromatic carbocycles. The summed E-state index contributed by atoms with van der Waals surface area (Å²) in [5, 5.41) is 7.57. The van der Waals surface area contributed by atoms with Gasteiger partial charge in [0.1, 0.15) is 0 Å². The maximum Gasteiger partial charge on any atom is 0.0402 e. The summed E-state index contributed by atoms with van der Waals surface area (Å²) in [6.07, 6.45) is 0. The number of aliphatic hydroxyl groups excluding tert-OH is 1. The molecule has 30 valence electrons. The Bertz CT molecular complexity index is 6.00. The molecule has 0 amide bonds. The average Bonchev–Trinajstić information content (AvgIpc) is 0.918. The summed E-state index contributed by atoms with van der Waals surface area (Å²) in [6.45, 7) is 1.93. The molecule has 2 heteroatoms. The Balaban J connectivity index is 0. The molecule has 0 rings (SSSR count). The molecule has 1 N–H and O–H groups in total. The second-order valence-corrected chi connectivity index (χ2v) is 0.316. The van der Waals surface area contributed by atoms with Gasteiger partial charge < -0.3 is 5.11 Å². The monoisotopic (exact) mass is 152 g/mol. The van der Waals surface area contributed by atoms with Gasteiger partial charge in [0.15, 0.2) is 0 Å². The van der Waals surface area contributed by atoms with Crippen LogP contribution in [0.3, 0.4) is 0 Å². The van der Waals surface area contributed by atoms with E-state index < -0.39 is 0 Å². The first-order chi connectivity index (χ1) is 1.41. The van der Waals surface area contributed by atoms with Crippen molar-refractivity contribution in [3.05, 3.63) is 0 Å². The zero-order valence-corrected chi connectivity index (χ0v) is 4.03. The summed E-state index contributed by atoms with van der Waals surface area (Å²) in [7, 11) is 0. The maximum absolute atomic E-state index is 7.57. The minimum atomic E-state index is 0. The normalized spacial score (nSPS) is 4.50. The standard InChI is InChI=1S/C2H6O.Pd/c1-2-3;/h3H,2H2,1H3;. The van der Waals surface area contributed by atoms with E-state index in [1.54, 1.807) is 6.92 Å². The van der Waals surface area contributed by atoms with Gasteiger partial charge in [-0.25, -0.2) is 0 Å². The van der Waals surface area contributed by atoms with E-state index in [4.69, 9.17) is 5.11 Å². The molecule has 0 saturated carbocycles. The minimum absolute atomic E-state index is 0. The van der Waals surface area contributed by atoms with Crippen molar-refractivity contribution in [2.75, 3.05) is 6.61 Å². The van der Waals surface area contributed by atoms with Gasteiger partial charge in [-0.05, 0) is 6.92 Å². The van der Waals surface area contributed by atoms with E-state index in [1.807, 2.05) is 0 Å². The van der Waals surface area contributed by atoms with Gasteiger partial charge >= 0.3 is 0 Å². The first-order valence-electron chi connectivity index (χ1n) is 1.02. The maximum atomic E-state index is 7.57. The van der Waals surface area contributed by atoms with E-state index in [9.17, 15) is 0 Å². The van der Waals surface area contributed by atoms with Crippen LogP contribution in [0.2, 0.25) is 0 Å². The molecule has 0 unspecified atom stereocenters. The van der Waals surface area contributed by atoms with Crippen LogP contribution >= 0.6 is 0 Å².